The number of benzene rings is 2. The number of halogens is 1. The Kier molecular flexibility index (Phi) is 4.67. The normalized spacial score (nSPS) is 10.8. The first-order chi connectivity index (χ1) is 11.6. The van der Waals surface area contributed by atoms with Crippen molar-refractivity contribution in [3.63, 3.8) is 0 Å². The number of nitrogens with zero attached hydrogens (tertiary/aromatic N) is 2. The van der Waals surface area contributed by atoms with E-state index in [9.17, 15) is 4.79 Å². The molecule has 0 saturated heterocycles. The summed E-state index contributed by atoms with van der Waals surface area (Å²) in [7, 11) is 0. The summed E-state index contributed by atoms with van der Waals surface area (Å²) >= 11 is 6.30. The lowest BCUT2D eigenvalue weighted by molar-refractivity contribution is -0.117. The van der Waals surface area contributed by atoms with E-state index in [1.165, 1.54) is 0 Å². The van der Waals surface area contributed by atoms with Crippen molar-refractivity contribution in [3.8, 4) is 0 Å². The van der Waals surface area contributed by atoms with Crippen LogP contribution in [0.4, 0.5) is 0 Å². The largest absolute Gasteiger partial charge is 0.345 e. The Morgan fingerprint density at radius 3 is 2.67 bits per heavy atom. The molecule has 0 aliphatic rings. The molecule has 0 aliphatic carbocycles. The van der Waals surface area contributed by atoms with Crippen LogP contribution in [0.5, 0.6) is 0 Å². The second kappa shape index (κ2) is 6.89. The summed E-state index contributed by atoms with van der Waals surface area (Å²) in [6.07, 6.45) is 0. The van der Waals surface area contributed by atoms with Crippen molar-refractivity contribution in [1.82, 2.24) is 14.9 Å². The van der Waals surface area contributed by atoms with Gasteiger partial charge in [0.05, 0.1) is 24.1 Å². The number of hydrogen-bond acceptors (Lipinski definition) is 2. The molecule has 0 saturated carbocycles. The van der Waals surface area contributed by atoms with E-state index in [1.54, 1.807) is 6.92 Å². The van der Waals surface area contributed by atoms with Crippen molar-refractivity contribution >= 4 is 28.5 Å². The number of para-hydroxylation sites is 2. The van der Waals surface area contributed by atoms with E-state index in [0.717, 1.165) is 22.4 Å². The minimum atomic E-state index is -0.175. The predicted molar refractivity (Wildman–Crippen MR) is 96.9 cm³/mol. The summed E-state index contributed by atoms with van der Waals surface area (Å²) < 4.78 is 2.08. The molecule has 122 valence electrons. The average Bonchev–Trinajstić information content (AvgIpc) is 2.92. The Bertz CT molecular complexity index is 914. The van der Waals surface area contributed by atoms with Crippen LogP contribution < -0.4 is 5.32 Å². The fourth-order valence-corrected chi connectivity index (χ4v) is 2.74. The van der Waals surface area contributed by atoms with Gasteiger partial charge in [0.15, 0.2) is 0 Å². The maximum Gasteiger partial charge on any atom is 0.246 e. The number of amides is 1. The Morgan fingerprint density at radius 2 is 1.92 bits per heavy atom. The minimum absolute atomic E-state index is 0.175. The third kappa shape index (κ3) is 3.34. The van der Waals surface area contributed by atoms with Crippen molar-refractivity contribution in [1.29, 1.82) is 0 Å². The van der Waals surface area contributed by atoms with Crippen molar-refractivity contribution in [2.75, 3.05) is 0 Å². The molecule has 2 aromatic carbocycles. The first kappa shape index (κ1) is 16.3. The third-order valence-electron chi connectivity index (χ3n) is 3.81. The van der Waals surface area contributed by atoms with Crippen molar-refractivity contribution in [2.45, 2.75) is 20.0 Å². The summed E-state index contributed by atoms with van der Waals surface area (Å²) in [4.78, 5) is 16.4. The SMILES string of the molecule is C=C(C)C(=O)NCc1nc2ccccc2n1Cc1ccccc1Cl. The molecule has 1 heterocycles. The number of hydrogen-bond donors (Lipinski definition) is 1. The summed E-state index contributed by atoms with van der Waals surface area (Å²) in [6.45, 7) is 6.27. The molecule has 0 fully saturated rings. The summed E-state index contributed by atoms with van der Waals surface area (Å²) in [5, 5.41) is 3.56. The van der Waals surface area contributed by atoms with Gasteiger partial charge < -0.3 is 9.88 Å². The van der Waals surface area contributed by atoms with E-state index in [2.05, 4.69) is 21.4 Å². The van der Waals surface area contributed by atoms with Gasteiger partial charge in [-0.3, -0.25) is 4.79 Å². The first-order valence-corrected chi connectivity index (χ1v) is 8.05. The van der Waals surface area contributed by atoms with Gasteiger partial charge in [-0.25, -0.2) is 4.98 Å². The van der Waals surface area contributed by atoms with Gasteiger partial charge in [-0.1, -0.05) is 48.5 Å². The number of carbonyl (C=O) groups is 1. The van der Waals surface area contributed by atoms with Crippen LogP contribution in [0.1, 0.15) is 18.3 Å². The third-order valence-corrected chi connectivity index (χ3v) is 4.18. The molecule has 0 aliphatic heterocycles. The van der Waals surface area contributed by atoms with Gasteiger partial charge >= 0.3 is 0 Å². The molecule has 0 unspecified atom stereocenters. The molecule has 24 heavy (non-hydrogen) atoms. The topological polar surface area (TPSA) is 46.9 Å². The van der Waals surface area contributed by atoms with E-state index < -0.39 is 0 Å². The summed E-state index contributed by atoms with van der Waals surface area (Å²) in [6, 6.07) is 15.6. The van der Waals surface area contributed by atoms with E-state index in [-0.39, 0.29) is 5.91 Å². The van der Waals surface area contributed by atoms with Crippen LogP contribution in [0.3, 0.4) is 0 Å². The van der Waals surface area contributed by atoms with Crippen molar-refractivity contribution in [3.05, 3.63) is 77.1 Å². The highest BCUT2D eigenvalue weighted by atomic mass is 35.5. The molecular formula is C19H18ClN3O. The lowest BCUT2D eigenvalue weighted by atomic mass is 10.2. The first-order valence-electron chi connectivity index (χ1n) is 7.67. The van der Waals surface area contributed by atoms with Gasteiger partial charge in [-0.2, -0.15) is 0 Å². The standard InChI is InChI=1S/C19H18ClN3O/c1-13(2)19(24)21-11-18-22-16-9-5-6-10-17(16)23(18)12-14-7-3-4-8-15(14)20/h3-10H,1,11-12H2,2H3,(H,21,24). The van der Waals surface area contributed by atoms with Crippen LogP contribution in [0, 0.1) is 0 Å². The summed E-state index contributed by atoms with van der Waals surface area (Å²) in [5.74, 6) is 0.608. The molecule has 1 amide bonds. The monoisotopic (exact) mass is 339 g/mol. The number of rotatable bonds is 5. The molecule has 3 aromatic rings. The van der Waals surface area contributed by atoms with Gasteiger partial charge in [-0.15, -0.1) is 0 Å². The van der Waals surface area contributed by atoms with E-state index >= 15 is 0 Å². The van der Waals surface area contributed by atoms with E-state index in [4.69, 9.17) is 11.6 Å². The van der Waals surface area contributed by atoms with Crippen LogP contribution in [-0.2, 0) is 17.9 Å². The smallest absolute Gasteiger partial charge is 0.246 e. The van der Waals surface area contributed by atoms with Crippen LogP contribution >= 0.6 is 11.6 Å². The van der Waals surface area contributed by atoms with Crippen LogP contribution in [0.15, 0.2) is 60.7 Å². The van der Waals surface area contributed by atoms with Gasteiger partial charge in [0.25, 0.3) is 0 Å². The van der Waals surface area contributed by atoms with Gasteiger partial charge in [0.2, 0.25) is 5.91 Å². The molecule has 1 N–H and O–H groups in total. The molecule has 0 radical (unpaired) electrons. The van der Waals surface area contributed by atoms with Crippen molar-refractivity contribution in [2.24, 2.45) is 0 Å². The van der Waals surface area contributed by atoms with Crippen molar-refractivity contribution < 1.29 is 4.79 Å². The molecule has 0 bridgehead atoms. The highest BCUT2D eigenvalue weighted by Gasteiger charge is 2.13. The predicted octanol–water partition coefficient (Wildman–Crippen LogP) is 3.93. The van der Waals surface area contributed by atoms with Gasteiger partial charge in [0, 0.05) is 10.6 Å². The van der Waals surface area contributed by atoms with Crippen LogP contribution in [0.25, 0.3) is 11.0 Å². The molecule has 3 rings (SSSR count). The Balaban J connectivity index is 1.97. The lowest BCUT2D eigenvalue weighted by Crippen LogP contribution is -2.25. The number of fused-ring (bicyclic) bond motifs is 1. The molecule has 4 nitrogen and oxygen atoms in total. The maximum atomic E-state index is 11.8. The Hall–Kier alpha value is -2.59. The maximum absolute atomic E-state index is 11.8. The van der Waals surface area contributed by atoms with Gasteiger partial charge in [-0.05, 0) is 30.7 Å². The zero-order chi connectivity index (χ0) is 17.1. The van der Waals surface area contributed by atoms with Gasteiger partial charge in [0.1, 0.15) is 5.82 Å². The van der Waals surface area contributed by atoms with E-state index in [0.29, 0.717) is 23.7 Å². The molecule has 0 atom stereocenters. The molecule has 0 spiro atoms. The van der Waals surface area contributed by atoms with E-state index in [1.807, 2.05) is 48.5 Å². The molecule has 5 heteroatoms. The second-order valence-corrected chi connectivity index (χ2v) is 6.06. The highest BCUT2D eigenvalue weighted by molar-refractivity contribution is 6.31. The fraction of sp³-hybridized carbons (Fsp3) is 0.158. The second-order valence-electron chi connectivity index (χ2n) is 5.66. The van der Waals surface area contributed by atoms with Crippen LogP contribution in [-0.4, -0.2) is 15.5 Å². The summed E-state index contributed by atoms with van der Waals surface area (Å²) in [5.41, 5.74) is 3.39. The Morgan fingerprint density at radius 1 is 1.21 bits per heavy atom. The zero-order valence-corrected chi connectivity index (χ0v) is 14.2. The fourth-order valence-electron chi connectivity index (χ4n) is 2.54. The minimum Gasteiger partial charge on any atom is -0.345 e. The number of nitrogens with one attached hydrogen (secondary N) is 1. The quantitative estimate of drug-likeness (QED) is 0.716. The number of carbonyl (C=O) groups excluding carboxylic acids is 1. The molecular weight excluding hydrogens is 322 g/mol. The Labute approximate surface area is 145 Å². The average molecular weight is 340 g/mol. The highest BCUT2D eigenvalue weighted by Crippen LogP contribution is 2.21. The lowest BCUT2D eigenvalue weighted by Gasteiger charge is -2.11. The number of imidazole rings is 1. The molecule has 1 aromatic heterocycles. The zero-order valence-electron chi connectivity index (χ0n) is 13.4. The van der Waals surface area contributed by atoms with Crippen LogP contribution in [0.2, 0.25) is 5.02 Å². The number of aromatic nitrogens is 2.